The van der Waals surface area contributed by atoms with Crippen LogP contribution in [0.1, 0.15) is 13.3 Å². The van der Waals surface area contributed by atoms with Crippen molar-refractivity contribution < 1.29 is 9.47 Å². The highest BCUT2D eigenvalue weighted by Crippen LogP contribution is 2.17. The van der Waals surface area contributed by atoms with Crippen molar-refractivity contribution in [1.29, 1.82) is 0 Å². The molecular weight excluding hydrogens is 198 g/mol. The summed E-state index contributed by atoms with van der Waals surface area (Å²) in [6.07, 6.45) is 1.30. The fourth-order valence-corrected chi connectivity index (χ4v) is 2.68. The Morgan fingerprint density at radius 3 is 3.00 bits per heavy atom. The van der Waals surface area contributed by atoms with E-state index in [0.717, 1.165) is 6.61 Å². The molecule has 1 aliphatic rings. The second-order valence-corrected chi connectivity index (χ2v) is 4.85. The van der Waals surface area contributed by atoms with Gasteiger partial charge in [-0.2, -0.15) is 11.8 Å². The number of hydrogen-bond acceptors (Lipinski definition) is 4. The lowest BCUT2D eigenvalue weighted by molar-refractivity contribution is 0.0598. The molecule has 0 aromatic carbocycles. The second-order valence-electron chi connectivity index (χ2n) is 3.70. The van der Waals surface area contributed by atoms with E-state index in [1.165, 1.54) is 17.9 Å². The molecular formula is C10H21NO2S. The standard InChI is InChI=1S/C10H21NO2S/c1-9(7-13-5-4-12-2)11-10-3-6-14-8-10/h9-11H,3-8H2,1-2H3. The summed E-state index contributed by atoms with van der Waals surface area (Å²) in [6.45, 7) is 4.34. The first-order valence-electron chi connectivity index (χ1n) is 5.23. The monoisotopic (exact) mass is 219 g/mol. The first-order chi connectivity index (χ1) is 6.83. The highest BCUT2D eigenvalue weighted by Gasteiger charge is 2.16. The summed E-state index contributed by atoms with van der Waals surface area (Å²) >= 11 is 2.03. The third-order valence-corrected chi connectivity index (χ3v) is 3.41. The van der Waals surface area contributed by atoms with Crippen molar-refractivity contribution in [3.8, 4) is 0 Å². The molecule has 1 N–H and O–H groups in total. The van der Waals surface area contributed by atoms with Gasteiger partial charge in [-0.05, 0) is 19.1 Å². The number of thioether (sulfide) groups is 1. The second kappa shape index (κ2) is 7.51. The van der Waals surface area contributed by atoms with Crippen molar-refractivity contribution >= 4 is 11.8 Å². The molecule has 2 atom stereocenters. The van der Waals surface area contributed by atoms with Crippen molar-refractivity contribution in [2.75, 3.05) is 38.4 Å². The fourth-order valence-electron chi connectivity index (χ4n) is 1.52. The van der Waals surface area contributed by atoms with E-state index >= 15 is 0 Å². The van der Waals surface area contributed by atoms with Crippen LogP contribution in [0.5, 0.6) is 0 Å². The highest BCUT2D eigenvalue weighted by atomic mass is 32.2. The molecule has 0 bridgehead atoms. The molecule has 1 aliphatic heterocycles. The highest BCUT2D eigenvalue weighted by molar-refractivity contribution is 7.99. The fraction of sp³-hybridized carbons (Fsp3) is 1.00. The molecule has 14 heavy (non-hydrogen) atoms. The minimum atomic E-state index is 0.454. The summed E-state index contributed by atoms with van der Waals surface area (Å²) in [7, 11) is 1.70. The van der Waals surface area contributed by atoms with Crippen LogP contribution in [0.15, 0.2) is 0 Å². The Bertz CT molecular complexity index is 140. The molecule has 0 aromatic heterocycles. The topological polar surface area (TPSA) is 30.5 Å². The Balaban J connectivity index is 1.95. The molecule has 2 unspecified atom stereocenters. The lowest BCUT2D eigenvalue weighted by Gasteiger charge is -2.18. The van der Waals surface area contributed by atoms with E-state index in [-0.39, 0.29) is 0 Å². The summed E-state index contributed by atoms with van der Waals surface area (Å²) < 4.78 is 10.4. The molecule has 0 amide bonds. The van der Waals surface area contributed by atoms with Gasteiger partial charge >= 0.3 is 0 Å². The predicted molar refractivity (Wildman–Crippen MR) is 61.0 cm³/mol. The summed E-state index contributed by atoms with van der Waals surface area (Å²) in [5.74, 6) is 2.55. The summed E-state index contributed by atoms with van der Waals surface area (Å²) in [4.78, 5) is 0. The average molecular weight is 219 g/mol. The smallest absolute Gasteiger partial charge is 0.0701 e. The van der Waals surface area contributed by atoms with Gasteiger partial charge in [-0.15, -0.1) is 0 Å². The van der Waals surface area contributed by atoms with Crippen LogP contribution < -0.4 is 5.32 Å². The van der Waals surface area contributed by atoms with Crippen LogP contribution in [0, 0.1) is 0 Å². The minimum Gasteiger partial charge on any atom is -0.382 e. The third-order valence-electron chi connectivity index (χ3n) is 2.25. The first kappa shape index (κ1) is 12.3. The summed E-state index contributed by atoms with van der Waals surface area (Å²) in [6, 6.07) is 1.15. The Kier molecular flexibility index (Phi) is 6.60. The molecule has 0 radical (unpaired) electrons. The van der Waals surface area contributed by atoms with Gasteiger partial charge in [0.2, 0.25) is 0 Å². The summed E-state index contributed by atoms with van der Waals surface area (Å²) in [5, 5.41) is 3.57. The molecule has 0 saturated carbocycles. The largest absolute Gasteiger partial charge is 0.382 e. The molecule has 1 saturated heterocycles. The van der Waals surface area contributed by atoms with E-state index in [1.807, 2.05) is 11.8 Å². The van der Waals surface area contributed by atoms with Crippen LogP contribution >= 0.6 is 11.8 Å². The molecule has 1 fully saturated rings. The van der Waals surface area contributed by atoms with Gasteiger partial charge in [0.25, 0.3) is 0 Å². The quantitative estimate of drug-likeness (QED) is 0.650. The van der Waals surface area contributed by atoms with Gasteiger partial charge in [0, 0.05) is 24.9 Å². The van der Waals surface area contributed by atoms with Crippen LogP contribution in [-0.4, -0.2) is 50.5 Å². The van der Waals surface area contributed by atoms with Crippen molar-refractivity contribution in [1.82, 2.24) is 5.32 Å². The minimum absolute atomic E-state index is 0.454. The molecule has 4 heteroatoms. The first-order valence-corrected chi connectivity index (χ1v) is 6.39. The molecule has 84 valence electrons. The zero-order valence-corrected chi connectivity index (χ0v) is 9.94. The molecule has 1 rings (SSSR count). The van der Waals surface area contributed by atoms with E-state index in [2.05, 4.69) is 12.2 Å². The van der Waals surface area contributed by atoms with Gasteiger partial charge in [0.05, 0.1) is 19.8 Å². The van der Waals surface area contributed by atoms with Crippen molar-refractivity contribution in [2.45, 2.75) is 25.4 Å². The molecule has 1 heterocycles. The van der Waals surface area contributed by atoms with E-state index in [1.54, 1.807) is 7.11 Å². The Morgan fingerprint density at radius 2 is 2.36 bits per heavy atom. The number of ether oxygens (including phenoxy) is 2. The molecule has 0 aliphatic carbocycles. The van der Waals surface area contributed by atoms with Gasteiger partial charge < -0.3 is 14.8 Å². The van der Waals surface area contributed by atoms with Gasteiger partial charge in [0.1, 0.15) is 0 Å². The zero-order chi connectivity index (χ0) is 10.2. The third kappa shape index (κ3) is 5.20. The van der Waals surface area contributed by atoms with Crippen molar-refractivity contribution in [3.63, 3.8) is 0 Å². The Morgan fingerprint density at radius 1 is 1.50 bits per heavy atom. The number of hydrogen-bond donors (Lipinski definition) is 1. The van der Waals surface area contributed by atoms with Gasteiger partial charge in [0.15, 0.2) is 0 Å². The SMILES string of the molecule is COCCOCC(C)NC1CCSC1. The lowest BCUT2D eigenvalue weighted by Crippen LogP contribution is -2.39. The lowest BCUT2D eigenvalue weighted by atomic mass is 10.2. The van der Waals surface area contributed by atoms with Crippen LogP contribution in [0.25, 0.3) is 0 Å². The maximum Gasteiger partial charge on any atom is 0.0701 e. The average Bonchev–Trinajstić information content (AvgIpc) is 2.65. The van der Waals surface area contributed by atoms with Gasteiger partial charge in [-0.3, -0.25) is 0 Å². The molecule has 3 nitrogen and oxygen atoms in total. The maximum atomic E-state index is 5.45. The van der Waals surface area contributed by atoms with Gasteiger partial charge in [-0.25, -0.2) is 0 Å². The number of methoxy groups -OCH3 is 1. The number of nitrogens with one attached hydrogen (secondary N) is 1. The molecule has 0 spiro atoms. The molecule has 0 aromatic rings. The Labute approximate surface area is 90.9 Å². The maximum absolute atomic E-state index is 5.45. The normalized spacial score (nSPS) is 24.0. The van der Waals surface area contributed by atoms with Crippen LogP contribution in [-0.2, 0) is 9.47 Å². The van der Waals surface area contributed by atoms with Crippen LogP contribution in [0.2, 0.25) is 0 Å². The Hall–Kier alpha value is 0.230. The van der Waals surface area contributed by atoms with E-state index in [4.69, 9.17) is 9.47 Å². The van der Waals surface area contributed by atoms with E-state index in [0.29, 0.717) is 25.3 Å². The van der Waals surface area contributed by atoms with Crippen molar-refractivity contribution in [2.24, 2.45) is 0 Å². The van der Waals surface area contributed by atoms with Crippen LogP contribution in [0.4, 0.5) is 0 Å². The number of rotatable bonds is 7. The van der Waals surface area contributed by atoms with E-state index in [9.17, 15) is 0 Å². The van der Waals surface area contributed by atoms with Gasteiger partial charge in [-0.1, -0.05) is 0 Å². The summed E-state index contributed by atoms with van der Waals surface area (Å²) in [5.41, 5.74) is 0. The zero-order valence-electron chi connectivity index (χ0n) is 9.12. The van der Waals surface area contributed by atoms with E-state index < -0.39 is 0 Å². The predicted octanol–water partition coefficient (Wildman–Crippen LogP) is 1.13. The van der Waals surface area contributed by atoms with Crippen molar-refractivity contribution in [3.05, 3.63) is 0 Å². The van der Waals surface area contributed by atoms with Crippen LogP contribution in [0.3, 0.4) is 0 Å².